The van der Waals surface area contributed by atoms with Crippen LogP contribution in [-0.4, -0.2) is 62.8 Å². The highest BCUT2D eigenvalue weighted by Gasteiger charge is 2.27. The van der Waals surface area contributed by atoms with Crippen molar-refractivity contribution in [2.45, 2.75) is 44.2 Å². The van der Waals surface area contributed by atoms with Crippen LogP contribution < -0.4 is 20.1 Å². The summed E-state index contributed by atoms with van der Waals surface area (Å²) in [6.45, 7) is 4.70. The molecule has 0 saturated carbocycles. The number of halogens is 2. The lowest BCUT2D eigenvalue weighted by molar-refractivity contribution is 0.0871. The molecule has 6 nitrogen and oxygen atoms in total. The maximum Gasteiger partial charge on any atom is 0.251 e. The standard InChI is InChI=1S/C26H33Cl2N3O3/c1-33-24-5-3-19(16-25(24)34-15-10-18-2-4-20(27)17-23(18)28)26(32)30-21-8-13-31(14-9-21)22-6-11-29-12-7-22/h2-5,16-17,21-22,29H,6-15H2,1H3,(H,30,32). The molecule has 1 amide bonds. The molecule has 2 aliphatic rings. The largest absolute Gasteiger partial charge is 0.493 e. The van der Waals surface area contributed by atoms with Gasteiger partial charge in [0.2, 0.25) is 0 Å². The number of likely N-dealkylation sites (tertiary alicyclic amines) is 1. The number of hydrogen-bond donors (Lipinski definition) is 2. The van der Waals surface area contributed by atoms with Gasteiger partial charge in [-0.25, -0.2) is 0 Å². The van der Waals surface area contributed by atoms with Crippen molar-refractivity contribution in [1.82, 2.24) is 15.5 Å². The number of hydrogen-bond acceptors (Lipinski definition) is 5. The van der Waals surface area contributed by atoms with E-state index in [9.17, 15) is 4.79 Å². The van der Waals surface area contributed by atoms with Crippen LogP contribution in [0.15, 0.2) is 36.4 Å². The quantitative estimate of drug-likeness (QED) is 0.550. The maximum atomic E-state index is 13.0. The Labute approximate surface area is 211 Å². The highest BCUT2D eigenvalue weighted by atomic mass is 35.5. The summed E-state index contributed by atoms with van der Waals surface area (Å²) in [5.41, 5.74) is 1.52. The first kappa shape index (κ1) is 25.1. The van der Waals surface area contributed by atoms with E-state index in [1.165, 1.54) is 12.8 Å². The van der Waals surface area contributed by atoms with Gasteiger partial charge in [0.25, 0.3) is 5.91 Å². The molecule has 0 unspecified atom stereocenters. The molecule has 2 aromatic rings. The van der Waals surface area contributed by atoms with Gasteiger partial charge in [0, 0.05) is 47.2 Å². The lowest BCUT2D eigenvalue weighted by Crippen LogP contribution is -2.50. The van der Waals surface area contributed by atoms with Crippen LogP contribution in [0, 0.1) is 0 Å². The Morgan fingerprint density at radius 1 is 1.06 bits per heavy atom. The normalized spacial score (nSPS) is 18.0. The summed E-state index contributed by atoms with van der Waals surface area (Å²) in [7, 11) is 1.59. The molecule has 0 radical (unpaired) electrons. The fraction of sp³-hybridized carbons (Fsp3) is 0.500. The van der Waals surface area contributed by atoms with Gasteiger partial charge in [0.1, 0.15) is 0 Å². The van der Waals surface area contributed by atoms with Crippen LogP contribution in [0.4, 0.5) is 0 Å². The minimum Gasteiger partial charge on any atom is -0.493 e. The number of carbonyl (C=O) groups excluding carboxylic acids is 1. The molecule has 2 aromatic carbocycles. The van der Waals surface area contributed by atoms with Gasteiger partial charge in [-0.05, 0) is 74.7 Å². The molecule has 184 valence electrons. The van der Waals surface area contributed by atoms with Crippen LogP contribution in [0.25, 0.3) is 0 Å². The molecule has 4 rings (SSSR count). The molecule has 34 heavy (non-hydrogen) atoms. The van der Waals surface area contributed by atoms with Gasteiger partial charge >= 0.3 is 0 Å². The molecule has 0 bridgehead atoms. The highest BCUT2D eigenvalue weighted by Crippen LogP contribution is 2.29. The van der Waals surface area contributed by atoms with Crippen LogP contribution in [0.2, 0.25) is 10.0 Å². The van der Waals surface area contributed by atoms with Crippen LogP contribution in [-0.2, 0) is 6.42 Å². The monoisotopic (exact) mass is 505 g/mol. The third kappa shape index (κ3) is 6.57. The minimum absolute atomic E-state index is 0.0754. The van der Waals surface area contributed by atoms with E-state index in [2.05, 4.69) is 15.5 Å². The van der Waals surface area contributed by atoms with Crippen LogP contribution >= 0.6 is 23.2 Å². The number of piperidine rings is 2. The van der Waals surface area contributed by atoms with Gasteiger partial charge in [0.05, 0.1) is 13.7 Å². The van der Waals surface area contributed by atoms with Crippen molar-refractivity contribution in [3.63, 3.8) is 0 Å². The SMILES string of the molecule is COc1ccc(C(=O)NC2CCN(C3CCNCC3)CC2)cc1OCCc1ccc(Cl)cc1Cl. The van der Waals surface area contributed by atoms with Crippen molar-refractivity contribution < 1.29 is 14.3 Å². The second-order valence-electron chi connectivity index (χ2n) is 8.96. The second-order valence-corrected chi connectivity index (χ2v) is 9.81. The second kappa shape index (κ2) is 12.1. The third-order valence-corrected chi connectivity index (χ3v) is 7.35. The summed E-state index contributed by atoms with van der Waals surface area (Å²) in [5, 5.41) is 7.86. The smallest absolute Gasteiger partial charge is 0.251 e. The molecule has 0 atom stereocenters. The fourth-order valence-electron chi connectivity index (χ4n) is 4.78. The summed E-state index contributed by atoms with van der Waals surface area (Å²) in [4.78, 5) is 15.6. The molecule has 2 heterocycles. The molecule has 0 aliphatic carbocycles. The zero-order valence-electron chi connectivity index (χ0n) is 19.6. The average molecular weight is 506 g/mol. The van der Waals surface area contributed by atoms with E-state index in [0.717, 1.165) is 44.6 Å². The number of carbonyl (C=O) groups is 1. The van der Waals surface area contributed by atoms with Crippen LogP contribution in [0.3, 0.4) is 0 Å². The molecular weight excluding hydrogens is 473 g/mol. The minimum atomic E-state index is -0.0754. The molecule has 2 saturated heterocycles. The van der Waals surface area contributed by atoms with Crippen LogP contribution in [0.5, 0.6) is 11.5 Å². The number of amides is 1. The number of nitrogens with one attached hydrogen (secondary N) is 2. The van der Waals surface area contributed by atoms with Gasteiger partial charge in [0.15, 0.2) is 11.5 Å². The molecule has 2 N–H and O–H groups in total. The Balaban J connectivity index is 1.31. The summed E-state index contributed by atoms with van der Waals surface area (Å²) < 4.78 is 11.4. The Kier molecular flexibility index (Phi) is 8.95. The fourth-order valence-corrected chi connectivity index (χ4v) is 5.28. The van der Waals surface area contributed by atoms with Gasteiger partial charge in [-0.15, -0.1) is 0 Å². The van der Waals surface area contributed by atoms with E-state index < -0.39 is 0 Å². The lowest BCUT2D eigenvalue weighted by Gasteiger charge is -2.39. The highest BCUT2D eigenvalue weighted by molar-refractivity contribution is 6.35. The molecule has 8 heteroatoms. The Morgan fingerprint density at radius 2 is 1.82 bits per heavy atom. The summed E-state index contributed by atoms with van der Waals surface area (Å²) >= 11 is 12.2. The Bertz CT molecular complexity index is 974. The first-order valence-corrected chi connectivity index (χ1v) is 12.8. The predicted molar refractivity (Wildman–Crippen MR) is 137 cm³/mol. The van der Waals surface area contributed by atoms with Crippen molar-refractivity contribution in [2.75, 3.05) is 39.9 Å². The van der Waals surface area contributed by atoms with Crippen molar-refractivity contribution in [1.29, 1.82) is 0 Å². The Hall–Kier alpha value is -1.99. The number of ether oxygens (including phenoxy) is 2. The number of methoxy groups -OCH3 is 1. The van der Waals surface area contributed by atoms with E-state index in [1.54, 1.807) is 31.4 Å². The van der Waals surface area contributed by atoms with Gasteiger partial charge in [-0.2, -0.15) is 0 Å². The predicted octanol–water partition coefficient (Wildman–Crippen LogP) is 4.57. The molecule has 0 spiro atoms. The average Bonchev–Trinajstić information content (AvgIpc) is 2.86. The van der Waals surface area contributed by atoms with Crippen LogP contribution in [0.1, 0.15) is 41.6 Å². The van der Waals surface area contributed by atoms with E-state index in [0.29, 0.717) is 46.2 Å². The first-order chi connectivity index (χ1) is 16.5. The molecule has 2 aliphatic heterocycles. The van der Waals surface area contributed by atoms with Crippen molar-refractivity contribution >= 4 is 29.1 Å². The van der Waals surface area contributed by atoms with E-state index >= 15 is 0 Å². The van der Waals surface area contributed by atoms with Crippen molar-refractivity contribution in [2.24, 2.45) is 0 Å². The lowest BCUT2D eigenvalue weighted by atomic mass is 9.98. The van der Waals surface area contributed by atoms with Gasteiger partial charge in [-0.3, -0.25) is 4.79 Å². The molecular formula is C26H33Cl2N3O3. The van der Waals surface area contributed by atoms with E-state index in [-0.39, 0.29) is 11.9 Å². The van der Waals surface area contributed by atoms with Gasteiger partial charge in [-0.1, -0.05) is 29.3 Å². The molecule has 2 fully saturated rings. The van der Waals surface area contributed by atoms with Gasteiger partial charge < -0.3 is 25.0 Å². The number of nitrogens with zero attached hydrogens (tertiary/aromatic N) is 1. The Morgan fingerprint density at radius 3 is 2.53 bits per heavy atom. The summed E-state index contributed by atoms with van der Waals surface area (Å²) in [6.07, 6.45) is 5.02. The first-order valence-electron chi connectivity index (χ1n) is 12.0. The zero-order chi connectivity index (χ0) is 23.9. The zero-order valence-corrected chi connectivity index (χ0v) is 21.1. The molecule has 0 aromatic heterocycles. The van der Waals surface area contributed by atoms with E-state index in [1.807, 2.05) is 12.1 Å². The third-order valence-electron chi connectivity index (χ3n) is 6.76. The number of benzene rings is 2. The number of rotatable bonds is 8. The van der Waals surface area contributed by atoms with E-state index in [4.69, 9.17) is 32.7 Å². The maximum absolute atomic E-state index is 13.0. The van der Waals surface area contributed by atoms with Crippen molar-refractivity contribution in [3.8, 4) is 11.5 Å². The van der Waals surface area contributed by atoms with Crippen molar-refractivity contribution in [3.05, 3.63) is 57.6 Å². The summed E-state index contributed by atoms with van der Waals surface area (Å²) in [5.74, 6) is 1.06. The summed E-state index contributed by atoms with van der Waals surface area (Å²) in [6, 6.07) is 11.6. The topological polar surface area (TPSA) is 62.8 Å².